The fourth-order valence-electron chi connectivity index (χ4n) is 3.03. The lowest BCUT2D eigenvalue weighted by Crippen LogP contribution is -2.38. The van der Waals surface area contributed by atoms with Crippen LogP contribution in [0.15, 0.2) is 36.7 Å². The molecule has 0 aliphatic heterocycles. The van der Waals surface area contributed by atoms with Crippen LogP contribution in [-0.4, -0.2) is 15.6 Å². The number of rotatable bonds is 10. The number of hydrogen-bond donors (Lipinski definition) is 1. The molecule has 0 aliphatic carbocycles. The highest BCUT2D eigenvalue weighted by Gasteiger charge is 2.16. The van der Waals surface area contributed by atoms with Crippen LogP contribution < -0.4 is 4.57 Å². The maximum atomic E-state index is 11.0. The molecule has 0 unspecified atom stereocenters. The molecule has 24 heavy (non-hydrogen) atoms. The van der Waals surface area contributed by atoms with Crippen LogP contribution in [0.3, 0.4) is 0 Å². The Morgan fingerprint density at radius 2 is 1.83 bits per heavy atom. The fraction of sp³-hybridized carbons (Fsp3) is 0.500. The van der Waals surface area contributed by atoms with E-state index in [0.29, 0.717) is 5.56 Å². The zero-order valence-corrected chi connectivity index (χ0v) is 14.9. The Balaban J connectivity index is 2.11. The number of aromatic carboxylic acids is 1. The van der Waals surface area contributed by atoms with Crippen molar-refractivity contribution >= 4 is 5.97 Å². The SMILES string of the molecule is CCCCCCc1n(CCC)cc[n+]1Cc1ccc(C(=O)O)cc1. The normalized spacial score (nSPS) is 10.9. The first kappa shape index (κ1) is 18.2. The summed E-state index contributed by atoms with van der Waals surface area (Å²) in [5.74, 6) is 0.496. The van der Waals surface area contributed by atoms with Gasteiger partial charge in [-0.2, -0.15) is 0 Å². The number of carboxylic acids is 1. The number of carboxylic acid groups (broad SMARTS) is 1. The second-order valence-corrected chi connectivity index (χ2v) is 6.35. The van der Waals surface area contributed by atoms with Gasteiger partial charge in [-0.3, -0.25) is 0 Å². The molecule has 0 aliphatic rings. The highest BCUT2D eigenvalue weighted by molar-refractivity contribution is 5.87. The summed E-state index contributed by atoms with van der Waals surface area (Å²) in [6.45, 7) is 6.28. The molecular weight excluding hydrogens is 300 g/mol. The molecule has 0 radical (unpaired) electrons. The van der Waals surface area contributed by atoms with Crippen LogP contribution in [0, 0.1) is 0 Å². The van der Waals surface area contributed by atoms with Crippen molar-refractivity contribution in [2.24, 2.45) is 0 Å². The second kappa shape index (κ2) is 9.26. The third-order valence-corrected chi connectivity index (χ3v) is 4.36. The smallest absolute Gasteiger partial charge is 0.335 e. The molecule has 1 aromatic heterocycles. The standard InChI is InChI=1S/C20H28N2O2/c1-3-5-6-7-8-19-21(13-4-2)14-15-22(19)16-17-9-11-18(12-10-17)20(23)24/h9-12,14-15H,3-8,13,16H2,1-2H3/p+1. The summed E-state index contributed by atoms with van der Waals surface area (Å²) in [4.78, 5) is 11.0. The molecule has 0 saturated carbocycles. The number of imidazole rings is 1. The summed E-state index contributed by atoms with van der Waals surface area (Å²) in [6, 6.07) is 7.19. The lowest BCUT2D eigenvalue weighted by molar-refractivity contribution is -0.695. The maximum Gasteiger partial charge on any atom is 0.335 e. The Morgan fingerprint density at radius 3 is 2.46 bits per heavy atom. The van der Waals surface area contributed by atoms with Gasteiger partial charge in [-0.1, -0.05) is 45.2 Å². The number of carbonyl (C=O) groups is 1. The van der Waals surface area contributed by atoms with E-state index in [1.54, 1.807) is 12.1 Å². The zero-order valence-electron chi connectivity index (χ0n) is 14.9. The van der Waals surface area contributed by atoms with Gasteiger partial charge in [0, 0.05) is 6.42 Å². The number of aromatic nitrogens is 2. The predicted molar refractivity (Wildman–Crippen MR) is 95.3 cm³/mol. The third-order valence-electron chi connectivity index (χ3n) is 4.36. The van der Waals surface area contributed by atoms with Gasteiger partial charge in [0.2, 0.25) is 0 Å². The Hall–Kier alpha value is -2.10. The van der Waals surface area contributed by atoms with Gasteiger partial charge in [0.1, 0.15) is 18.9 Å². The highest BCUT2D eigenvalue weighted by Crippen LogP contribution is 2.09. The minimum atomic E-state index is -0.875. The summed E-state index contributed by atoms with van der Waals surface area (Å²) in [7, 11) is 0. The summed E-state index contributed by atoms with van der Waals surface area (Å²) in [5, 5.41) is 9.00. The van der Waals surface area contributed by atoms with Crippen LogP contribution in [-0.2, 0) is 19.5 Å². The molecule has 1 heterocycles. The summed E-state index contributed by atoms with van der Waals surface area (Å²) in [5.41, 5.74) is 1.47. The summed E-state index contributed by atoms with van der Waals surface area (Å²) in [6.07, 6.45) is 11.6. The van der Waals surface area contributed by atoms with Crippen molar-refractivity contribution in [2.45, 2.75) is 65.5 Å². The first-order valence-corrected chi connectivity index (χ1v) is 9.05. The Labute approximate surface area is 144 Å². The van der Waals surface area contributed by atoms with Gasteiger partial charge in [0.25, 0.3) is 5.82 Å². The summed E-state index contributed by atoms with van der Waals surface area (Å²) >= 11 is 0. The fourth-order valence-corrected chi connectivity index (χ4v) is 3.03. The van der Waals surface area contributed by atoms with Crippen molar-refractivity contribution in [3.8, 4) is 0 Å². The Kier molecular flexibility index (Phi) is 7.04. The van der Waals surface area contributed by atoms with E-state index in [-0.39, 0.29) is 0 Å². The van der Waals surface area contributed by atoms with Gasteiger partial charge in [0.15, 0.2) is 0 Å². The quantitative estimate of drug-likeness (QED) is 0.528. The van der Waals surface area contributed by atoms with Crippen LogP contribution in [0.2, 0.25) is 0 Å². The second-order valence-electron chi connectivity index (χ2n) is 6.35. The average molecular weight is 329 g/mol. The van der Waals surface area contributed by atoms with E-state index in [9.17, 15) is 4.79 Å². The first-order valence-electron chi connectivity index (χ1n) is 9.05. The first-order chi connectivity index (χ1) is 11.7. The molecular formula is C20H29N2O2+. The van der Waals surface area contributed by atoms with E-state index in [2.05, 4.69) is 35.4 Å². The van der Waals surface area contributed by atoms with Crippen molar-refractivity contribution in [1.29, 1.82) is 0 Å². The predicted octanol–water partition coefficient (Wildman–Crippen LogP) is 4.05. The summed E-state index contributed by atoms with van der Waals surface area (Å²) < 4.78 is 4.66. The lowest BCUT2D eigenvalue weighted by Gasteiger charge is -2.06. The Morgan fingerprint density at radius 1 is 1.08 bits per heavy atom. The van der Waals surface area contributed by atoms with Crippen LogP contribution in [0.1, 0.15) is 67.7 Å². The molecule has 1 N–H and O–H groups in total. The number of benzene rings is 1. The van der Waals surface area contributed by atoms with Gasteiger partial charge < -0.3 is 5.11 Å². The van der Waals surface area contributed by atoms with Crippen LogP contribution in [0.4, 0.5) is 0 Å². The van der Waals surface area contributed by atoms with E-state index < -0.39 is 5.97 Å². The van der Waals surface area contributed by atoms with Crippen molar-refractivity contribution in [3.63, 3.8) is 0 Å². The average Bonchev–Trinajstić information content (AvgIpc) is 2.94. The molecule has 0 fully saturated rings. The van der Waals surface area contributed by atoms with Gasteiger partial charge in [-0.05, 0) is 30.5 Å². The van der Waals surface area contributed by atoms with E-state index >= 15 is 0 Å². The highest BCUT2D eigenvalue weighted by atomic mass is 16.4. The van der Waals surface area contributed by atoms with Crippen molar-refractivity contribution in [1.82, 2.24) is 4.57 Å². The molecule has 130 valence electrons. The van der Waals surface area contributed by atoms with Gasteiger partial charge in [0.05, 0.1) is 12.1 Å². The lowest BCUT2D eigenvalue weighted by atomic mass is 10.1. The van der Waals surface area contributed by atoms with Crippen LogP contribution >= 0.6 is 0 Å². The van der Waals surface area contributed by atoms with Crippen LogP contribution in [0.25, 0.3) is 0 Å². The van der Waals surface area contributed by atoms with Crippen molar-refractivity contribution in [2.75, 3.05) is 0 Å². The van der Waals surface area contributed by atoms with Gasteiger partial charge >= 0.3 is 5.97 Å². The Bertz CT molecular complexity index is 644. The molecule has 4 heteroatoms. The molecule has 4 nitrogen and oxygen atoms in total. The van der Waals surface area contributed by atoms with Crippen molar-refractivity contribution in [3.05, 3.63) is 53.6 Å². The van der Waals surface area contributed by atoms with E-state index in [1.165, 1.54) is 31.5 Å². The minimum Gasteiger partial charge on any atom is -0.478 e. The largest absolute Gasteiger partial charge is 0.478 e. The molecule has 0 atom stereocenters. The molecule has 0 saturated heterocycles. The molecule has 0 spiro atoms. The molecule has 1 aromatic carbocycles. The minimum absolute atomic E-state index is 0.340. The number of hydrogen-bond acceptors (Lipinski definition) is 1. The van der Waals surface area contributed by atoms with Crippen LogP contribution in [0.5, 0.6) is 0 Å². The molecule has 2 aromatic rings. The number of nitrogens with zero attached hydrogens (tertiary/aromatic N) is 2. The van der Waals surface area contributed by atoms with E-state index in [4.69, 9.17) is 5.11 Å². The maximum absolute atomic E-state index is 11.0. The van der Waals surface area contributed by atoms with E-state index in [0.717, 1.165) is 31.5 Å². The van der Waals surface area contributed by atoms with Crippen molar-refractivity contribution < 1.29 is 14.5 Å². The number of aryl methyl sites for hydroxylation is 1. The van der Waals surface area contributed by atoms with Gasteiger partial charge in [-0.25, -0.2) is 13.9 Å². The third kappa shape index (κ3) is 4.95. The zero-order chi connectivity index (χ0) is 17.4. The molecule has 2 rings (SSSR count). The van der Waals surface area contributed by atoms with E-state index in [1.807, 2.05) is 12.1 Å². The topological polar surface area (TPSA) is 46.1 Å². The monoisotopic (exact) mass is 329 g/mol. The molecule has 0 bridgehead atoms. The number of unbranched alkanes of at least 4 members (excludes halogenated alkanes) is 3. The molecule has 0 amide bonds. The van der Waals surface area contributed by atoms with Gasteiger partial charge in [-0.15, -0.1) is 0 Å².